The van der Waals surface area contributed by atoms with Crippen LogP contribution >= 0.6 is 0 Å². The normalized spacial score (nSPS) is 23.8. The molecule has 3 N–H and O–H groups in total. The van der Waals surface area contributed by atoms with E-state index in [1.165, 1.54) is 0 Å². The van der Waals surface area contributed by atoms with Gasteiger partial charge in [-0.05, 0) is 32.1 Å². The van der Waals surface area contributed by atoms with Crippen LogP contribution in [0.2, 0.25) is 0 Å². The average molecular weight is 304 g/mol. The van der Waals surface area contributed by atoms with Crippen molar-refractivity contribution in [2.75, 3.05) is 0 Å². The first-order chi connectivity index (χ1) is 10.2. The summed E-state index contributed by atoms with van der Waals surface area (Å²) in [5.41, 5.74) is -0.937. The molecule has 2 aliphatic rings. The molecule has 1 aromatic rings. The van der Waals surface area contributed by atoms with Crippen molar-refractivity contribution >= 4 is 11.6 Å². The van der Waals surface area contributed by atoms with E-state index in [2.05, 4.69) is 0 Å². The van der Waals surface area contributed by atoms with Gasteiger partial charge in [0.2, 0.25) is 0 Å². The van der Waals surface area contributed by atoms with Crippen LogP contribution in [0.25, 0.3) is 0 Å². The Morgan fingerprint density at radius 1 is 1.18 bits per heavy atom. The zero-order valence-electron chi connectivity index (χ0n) is 12.2. The Balaban J connectivity index is 1.94. The van der Waals surface area contributed by atoms with Crippen LogP contribution < -0.4 is 0 Å². The van der Waals surface area contributed by atoms with Gasteiger partial charge >= 0.3 is 0 Å². The van der Waals surface area contributed by atoms with E-state index in [4.69, 9.17) is 4.74 Å². The number of ketones is 2. The fraction of sp³-hybridized carbons (Fsp3) is 0.375. The Hall–Kier alpha value is -2.18. The third-order valence-electron chi connectivity index (χ3n) is 4.14. The highest BCUT2D eigenvalue weighted by Gasteiger charge is 2.49. The van der Waals surface area contributed by atoms with Crippen molar-refractivity contribution in [2.24, 2.45) is 0 Å². The summed E-state index contributed by atoms with van der Waals surface area (Å²) >= 11 is 0. The Morgan fingerprint density at radius 3 is 2.27 bits per heavy atom. The van der Waals surface area contributed by atoms with Gasteiger partial charge in [0.05, 0.1) is 28.9 Å². The highest BCUT2D eigenvalue weighted by atomic mass is 16.6. The molecule has 1 saturated heterocycles. The lowest BCUT2D eigenvalue weighted by Crippen LogP contribution is -2.27. The Bertz CT molecular complexity index is 716. The molecule has 0 amide bonds. The molecule has 3 rings (SSSR count). The highest BCUT2D eigenvalue weighted by Crippen LogP contribution is 2.41. The quantitative estimate of drug-likeness (QED) is 0.574. The average Bonchev–Trinajstić information content (AvgIpc) is 3.03. The van der Waals surface area contributed by atoms with Crippen LogP contribution in [-0.2, 0) is 4.74 Å². The number of carbonyl (C=O) groups excluding carboxylic acids is 2. The van der Waals surface area contributed by atoms with Crippen LogP contribution in [0.15, 0.2) is 23.8 Å². The van der Waals surface area contributed by atoms with Crippen molar-refractivity contribution in [1.82, 2.24) is 0 Å². The Kier molecular flexibility index (Phi) is 3.12. The van der Waals surface area contributed by atoms with Gasteiger partial charge in [0.15, 0.2) is 11.6 Å². The number of aromatic hydroxyl groups is 2. The molecule has 1 aliphatic heterocycles. The molecule has 0 bridgehead atoms. The number of phenols is 2. The van der Waals surface area contributed by atoms with E-state index in [1.807, 2.05) is 13.8 Å². The Morgan fingerprint density at radius 2 is 1.73 bits per heavy atom. The molecule has 0 radical (unpaired) electrons. The van der Waals surface area contributed by atoms with E-state index in [0.29, 0.717) is 0 Å². The van der Waals surface area contributed by atoms with E-state index >= 15 is 0 Å². The van der Waals surface area contributed by atoms with E-state index < -0.39 is 23.4 Å². The summed E-state index contributed by atoms with van der Waals surface area (Å²) in [6.45, 7) is 3.73. The zero-order valence-corrected chi connectivity index (χ0v) is 12.2. The van der Waals surface area contributed by atoms with Crippen LogP contribution in [0, 0.1) is 0 Å². The summed E-state index contributed by atoms with van der Waals surface area (Å²) in [5.74, 6) is -2.04. The molecule has 1 heterocycles. The molecule has 1 unspecified atom stereocenters. The van der Waals surface area contributed by atoms with Gasteiger partial charge in [0.25, 0.3) is 0 Å². The van der Waals surface area contributed by atoms with Crippen molar-refractivity contribution in [3.63, 3.8) is 0 Å². The van der Waals surface area contributed by atoms with Gasteiger partial charge < -0.3 is 20.1 Å². The van der Waals surface area contributed by atoms with Gasteiger partial charge in [-0.25, -0.2) is 0 Å². The monoisotopic (exact) mass is 304 g/mol. The predicted octanol–water partition coefficient (Wildman–Crippen LogP) is 1.33. The van der Waals surface area contributed by atoms with Crippen molar-refractivity contribution in [3.05, 3.63) is 34.9 Å². The number of phenolic OH excluding ortho intramolecular Hbond substituents is 2. The second-order valence-corrected chi connectivity index (χ2v) is 6.11. The van der Waals surface area contributed by atoms with Crippen molar-refractivity contribution in [3.8, 4) is 11.5 Å². The number of hydrogen-bond donors (Lipinski definition) is 3. The SMILES string of the molecule is CC1(C)O[C@H]1CC(O)C1=CC(=O)c2c(O)ccc(O)c2C1=O. The highest BCUT2D eigenvalue weighted by molar-refractivity contribution is 6.26. The second-order valence-electron chi connectivity index (χ2n) is 6.11. The van der Waals surface area contributed by atoms with Crippen LogP contribution in [0.3, 0.4) is 0 Å². The minimum Gasteiger partial charge on any atom is -0.507 e. The van der Waals surface area contributed by atoms with E-state index in [9.17, 15) is 24.9 Å². The van der Waals surface area contributed by atoms with Crippen molar-refractivity contribution < 1.29 is 29.6 Å². The number of Topliss-reactive ketones (excluding diaryl/α,β-unsaturated/α-hetero) is 1. The largest absolute Gasteiger partial charge is 0.507 e. The lowest BCUT2D eigenvalue weighted by atomic mass is 9.84. The molecule has 22 heavy (non-hydrogen) atoms. The molecule has 0 saturated carbocycles. The third-order valence-corrected chi connectivity index (χ3v) is 4.14. The van der Waals surface area contributed by atoms with Gasteiger partial charge in [0.1, 0.15) is 11.5 Å². The Labute approximate surface area is 126 Å². The fourth-order valence-electron chi connectivity index (χ4n) is 2.73. The van der Waals surface area contributed by atoms with Gasteiger partial charge in [0, 0.05) is 12.0 Å². The van der Waals surface area contributed by atoms with Crippen molar-refractivity contribution in [2.45, 2.75) is 38.1 Å². The summed E-state index contributed by atoms with van der Waals surface area (Å²) in [7, 11) is 0. The third kappa shape index (κ3) is 2.20. The lowest BCUT2D eigenvalue weighted by molar-refractivity contribution is 0.0933. The predicted molar refractivity (Wildman–Crippen MR) is 76.1 cm³/mol. The van der Waals surface area contributed by atoms with Crippen LogP contribution in [-0.4, -0.2) is 44.7 Å². The maximum absolute atomic E-state index is 12.4. The number of rotatable bonds is 3. The summed E-state index contributed by atoms with van der Waals surface area (Å²) in [4.78, 5) is 24.6. The topological polar surface area (TPSA) is 107 Å². The molecule has 2 atom stereocenters. The molecular formula is C16H16O6. The minimum absolute atomic E-state index is 0.0929. The molecule has 0 aromatic heterocycles. The van der Waals surface area contributed by atoms with Gasteiger partial charge in [-0.15, -0.1) is 0 Å². The molecular weight excluding hydrogens is 288 g/mol. The maximum Gasteiger partial charge on any atom is 0.196 e. The molecule has 1 fully saturated rings. The number of fused-ring (bicyclic) bond motifs is 1. The molecule has 1 aromatic carbocycles. The van der Waals surface area contributed by atoms with E-state index in [-0.39, 0.29) is 40.6 Å². The summed E-state index contributed by atoms with van der Waals surface area (Å²) in [6, 6.07) is 2.29. The number of benzene rings is 1. The number of epoxide rings is 1. The number of hydrogen-bond acceptors (Lipinski definition) is 6. The number of allylic oxidation sites excluding steroid dienone is 1. The van der Waals surface area contributed by atoms with Gasteiger partial charge in [-0.1, -0.05) is 0 Å². The number of ether oxygens (including phenoxy) is 1. The smallest absolute Gasteiger partial charge is 0.196 e. The first kappa shape index (κ1) is 14.7. The minimum atomic E-state index is -1.17. The summed E-state index contributed by atoms with van der Waals surface area (Å²) in [5, 5.41) is 29.8. The maximum atomic E-state index is 12.4. The second kappa shape index (κ2) is 4.66. The lowest BCUT2D eigenvalue weighted by Gasteiger charge is -2.20. The number of aliphatic hydroxyl groups is 1. The molecule has 0 spiro atoms. The summed E-state index contributed by atoms with van der Waals surface area (Å²) in [6.07, 6.45) is -0.153. The van der Waals surface area contributed by atoms with Crippen LogP contribution in [0.4, 0.5) is 0 Å². The standard InChI is InChI=1S/C16H16O6/c1-16(2)12(22-16)6-10(19)7-5-11(20)13-8(17)3-4-9(18)14(13)15(7)21/h3-5,10,12,17-19H,6H2,1-2H3/t10?,12-/m0/s1. The van der Waals surface area contributed by atoms with Crippen molar-refractivity contribution in [1.29, 1.82) is 0 Å². The summed E-state index contributed by atoms with van der Waals surface area (Å²) < 4.78 is 5.37. The van der Waals surface area contributed by atoms with Crippen LogP contribution in [0.1, 0.15) is 41.0 Å². The number of aliphatic hydroxyl groups excluding tert-OH is 1. The van der Waals surface area contributed by atoms with E-state index in [1.54, 1.807) is 0 Å². The molecule has 1 aliphatic carbocycles. The number of carbonyl (C=O) groups is 2. The van der Waals surface area contributed by atoms with Gasteiger partial charge in [-0.3, -0.25) is 9.59 Å². The molecule has 6 nitrogen and oxygen atoms in total. The van der Waals surface area contributed by atoms with E-state index in [0.717, 1.165) is 18.2 Å². The first-order valence-corrected chi connectivity index (χ1v) is 6.94. The first-order valence-electron chi connectivity index (χ1n) is 6.94. The van der Waals surface area contributed by atoms with Gasteiger partial charge in [-0.2, -0.15) is 0 Å². The zero-order chi connectivity index (χ0) is 16.2. The molecule has 116 valence electrons. The molecule has 6 heteroatoms. The van der Waals surface area contributed by atoms with Crippen LogP contribution in [0.5, 0.6) is 11.5 Å². The fourth-order valence-corrected chi connectivity index (χ4v) is 2.73.